The molecule has 1 aromatic rings. The van der Waals surface area contributed by atoms with Gasteiger partial charge >= 0.3 is 5.97 Å². The van der Waals surface area contributed by atoms with Crippen molar-refractivity contribution in [1.82, 2.24) is 5.32 Å². The molecular formula is C16H21BrFNO3. The van der Waals surface area contributed by atoms with E-state index in [0.717, 1.165) is 25.7 Å². The highest BCUT2D eigenvalue weighted by Crippen LogP contribution is 2.16. The van der Waals surface area contributed by atoms with Crippen LogP contribution in [0.4, 0.5) is 4.39 Å². The zero-order valence-corrected chi connectivity index (χ0v) is 14.2. The lowest BCUT2D eigenvalue weighted by Crippen LogP contribution is -2.24. The van der Waals surface area contributed by atoms with Gasteiger partial charge in [0.2, 0.25) is 0 Å². The number of nitrogens with one attached hydrogen (secondary N) is 1. The summed E-state index contributed by atoms with van der Waals surface area (Å²) in [4.78, 5) is 22.9. The molecule has 0 heterocycles. The third-order valence-electron chi connectivity index (χ3n) is 3.08. The summed E-state index contributed by atoms with van der Waals surface area (Å²) in [5, 5.41) is 2.75. The summed E-state index contributed by atoms with van der Waals surface area (Å²) >= 11 is 3.05. The Kier molecular flexibility index (Phi) is 8.74. The Bertz CT molecular complexity index is 508. The predicted octanol–water partition coefficient (Wildman–Crippen LogP) is 3.83. The molecule has 0 spiro atoms. The zero-order valence-electron chi connectivity index (χ0n) is 12.7. The van der Waals surface area contributed by atoms with Crippen LogP contribution in [0.5, 0.6) is 0 Å². The van der Waals surface area contributed by atoms with Crippen LogP contribution in [-0.2, 0) is 9.53 Å². The van der Waals surface area contributed by atoms with Crippen LogP contribution in [0.25, 0.3) is 0 Å². The van der Waals surface area contributed by atoms with Crippen molar-refractivity contribution in [3.8, 4) is 0 Å². The lowest BCUT2D eigenvalue weighted by atomic mass is 10.1. The monoisotopic (exact) mass is 373 g/mol. The van der Waals surface area contributed by atoms with Crippen LogP contribution in [0.3, 0.4) is 0 Å². The first-order valence-corrected chi connectivity index (χ1v) is 8.22. The Balaban J connectivity index is 2.13. The molecule has 122 valence electrons. The van der Waals surface area contributed by atoms with Gasteiger partial charge in [-0.05, 0) is 53.9 Å². The van der Waals surface area contributed by atoms with Crippen LogP contribution >= 0.6 is 15.9 Å². The van der Waals surface area contributed by atoms with E-state index in [9.17, 15) is 14.0 Å². The van der Waals surface area contributed by atoms with Crippen LogP contribution in [0.1, 0.15) is 49.4 Å². The molecule has 0 saturated heterocycles. The van der Waals surface area contributed by atoms with Crippen molar-refractivity contribution in [2.24, 2.45) is 0 Å². The number of rotatable bonds is 9. The Morgan fingerprint density at radius 2 is 1.95 bits per heavy atom. The average Bonchev–Trinajstić information content (AvgIpc) is 2.49. The molecule has 0 unspecified atom stereocenters. The number of halogens is 2. The van der Waals surface area contributed by atoms with E-state index in [1.165, 1.54) is 12.1 Å². The molecule has 1 rings (SSSR count). The second-order valence-corrected chi connectivity index (χ2v) is 5.71. The highest BCUT2D eigenvalue weighted by molar-refractivity contribution is 9.10. The van der Waals surface area contributed by atoms with Gasteiger partial charge < -0.3 is 10.1 Å². The summed E-state index contributed by atoms with van der Waals surface area (Å²) in [5.74, 6) is -0.891. The highest BCUT2D eigenvalue weighted by Gasteiger charge is 2.08. The van der Waals surface area contributed by atoms with Crippen molar-refractivity contribution in [2.75, 3.05) is 13.2 Å². The molecule has 0 radical (unpaired) electrons. The van der Waals surface area contributed by atoms with Crippen LogP contribution in [-0.4, -0.2) is 25.0 Å². The molecule has 0 fully saturated rings. The Morgan fingerprint density at radius 1 is 1.23 bits per heavy atom. The summed E-state index contributed by atoms with van der Waals surface area (Å²) in [7, 11) is 0. The summed E-state index contributed by atoms with van der Waals surface area (Å²) in [6.07, 6.45) is 3.91. The maximum atomic E-state index is 13.3. The summed E-state index contributed by atoms with van der Waals surface area (Å²) in [6.45, 7) is 2.75. The van der Waals surface area contributed by atoms with Gasteiger partial charge in [0.25, 0.3) is 5.91 Å². The van der Waals surface area contributed by atoms with Crippen molar-refractivity contribution in [2.45, 2.75) is 39.0 Å². The minimum atomic E-state index is -0.452. The molecule has 6 heteroatoms. The van der Waals surface area contributed by atoms with Crippen molar-refractivity contribution in [3.63, 3.8) is 0 Å². The smallest absolute Gasteiger partial charge is 0.305 e. The molecule has 0 bridgehead atoms. The molecule has 1 aromatic carbocycles. The summed E-state index contributed by atoms with van der Waals surface area (Å²) in [5.41, 5.74) is 0.308. The minimum Gasteiger partial charge on any atom is -0.466 e. The van der Waals surface area contributed by atoms with Gasteiger partial charge in [-0.15, -0.1) is 0 Å². The lowest BCUT2D eigenvalue weighted by Gasteiger charge is -2.06. The Morgan fingerprint density at radius 3 is 2.64 bits per heavy atom. The number of benzene rings is 1. The third-order valence-corrected chi connectivity index (χ3v) is 3.72. The van der Waals surface area contributed by atoms with E-state index in [4.69, 9.17) is 4.74 Å². The van der Waals surface area contributed by atoms with Crippen LogP contribution in [0.15, 0.2) is 22.7 Å². The molecule has 0 aromatic heterocycles. The van der Waals surface area contributed by atoms with E-state index < -0.39 is 5.82 Å². The molecule has 0 aliphatic carbocycles. The van der Waals surface area contributed by atoms with Crippen molar-refractivity contribution < 1.29 is 18.7 Å². The van der Waals surface area contributed by atoms with E-state index in [0.29, 0.717) is 29.6 Å². The highest BCUT2D eigenvalue weighted by atomic mass is 79.9. The SMILES string of the molecule is CCOC(=O)CCCCCCNC(=O)c1ccc(Br)c(F)c1. The molecule has 22 heavy (non-hydrogen) atoms. The van der Waals surface area contributed by atoms with Crippen LogP contribution in [0.2, 0.25) is 0 Å². The minimum absolute atomic E-state index is 0.159. The molecule has 1 amide bonds. The number of carbonyl (C=O) groups is 2. The van der Waals surface area contributed by atoms with Gasteiger partial charge in [-0.1, -0.05) is 12.8 Å². The first-order valence-electron chi connectivity index (χ1n) is 7.43. The molecule has 0 aliphatic heterocycles. The van der Waals surface area contributed by atoms with Gasteiger partial charge in [0.1, 0.15) is 5.82 Å². The van der Waals surface area contributed by atoms with Crippen molar-refractivity contribution in [3.05, 3.63) is 34.1 Å². The normalized spacial score (nSPS) is 10.3. The van der Waals surface area contributed by atoms with E-state index in [-0.39, 0.29) is 11.9 Å². The van der Waals surface area contributed by atoms with E-state index in [1.807, 2.05) is 0 Å². The fourth-order valence-electron chi connectivity index (χ4n) is 1.92. The number of esters is 1. The largest absolute Gasteiger partial charge is 0.466 e. The summed E-state index contributed by atoms with van der Waals surface area (Å²) < 4.78 is 18.5. The second kappa shape index (κ2) is 10.3. The molecule has 1 N–H and O–H groups in total. The average molecular weight is 374 g/mol. The maximum Gasteiger partial charge on any atom is 0.305 e. The van der Waals surface area contributed by atoms with Gasteiger partial charge in [-0.25, -0.2) is 4.39 Å². The predicted molar refractivity (Wildman–Crippen MR) is 86.2 cm³/mol. The third kappa shape index (κ3) is 7.02. The van der Waals surface area contributed by atoms with E-state index >= 15 is 0 Å². The van der Waals surface area contributed by atoms with E-state index in [2.05, 4.69) is 21.2 Å². The van der Waals surface area contributed by atoms with Crippen molar-refractivity contribution in [1.29, 1.82) is 0 Å². The molecule has 0 atom stereocenters. The van der Waals surface area contributed by atoms with Gasteiger partial charge in [0.15, 0.2) is 0 Å². The second-order valence-electron chi connectivity index (χ2n) is 4.85. The number of ether oxygens (including phenoxy) is 1. The number of unbranched alkanes of at least 4 members (excludes halogenated alkanes) is 3. The first-order chi connectivity index (χ1) is 10.5. The van der Waals surface area contributed by atoms with Gasteiger partial charge in [-0.2, -0.15) is 0 Å². The lowest BCUT2D eigenvalue weighted by molar-refractivity contribution is -0.143. The first kappa shape index (κ1) is 18.6. The molecule has 4 nitrogen and oxygen atoms in total. The number of carbonyl (C=O) groups excluding carboxylic acids is 2. The van der Waals surface area contributed by atoms with Crippen LogP contribution in [0, 0.1) is 5.82 Å². The Labute approximate surface area is 138 Å². The number of hydrogen-bond acceptors (Lipinski definition) is 3. The quantitative estimate of drug-likeness (QED) is 0.528. The fraction of sp³-hybridized carbons (Fsp3) is 0.500. The fourth-order valence-corrected chi connectivity index (χ4v) is 2.17. The van der Waals surface area contributed by atoms with E-state index in [1.54, 1.807) is 13.0 Å². The van der Waals surface area contributed by atoms with Crippen LogP contribution < -0.4 is 5.32 Å². The van der Waals surface area contributed by atoms with Gasteiger partial charge in [0.05, 0.1) is 11.1 Å². The topological polar surface area (TPSA) is 55.4 Å². The molecule has 0 aliphatic rings. The molecule has 0 saturated carbocycles. The number of amides is 1. The molecular weight excluding hydrogens is 353 g/mol. The van der Waals surface area contributed by atoms with Gasteiger partial charge in [0, 0.05) is 18.5 Å². The Hall–Kier alpha value is -1.43. The summed E-state index contributed by atoms with van der Waals surface area (Å²) in [6, 6.07) is 4.29. The zero-order chi connectivity index (χ0) is 16.4. The number of hydrogen-bond donors (Lipinski definition) is 1. The van der Waals surface area contributed by atoms with Gasteiger partial charge in [-0.3, -0.25) is 9.59 Å². The maximum absolute atomic E-state index is 13.3. The van der Waals surface area contributed by atoms with Crippen molar-refractivity contribution >= 4 is 27.8 Å². The standard InChI is InChI=1S/C16H21BrFNO3/c1-2-22-15(20)7-5-3-4-6-10-19-16(21)12-8-9-13(17)14(18)11-12/h8-9,11H,2-7,10H2,1H3,(H,19,21).